The first kappa shape index (κ1) is 18.8. The van der Waals surface area contributed by atoms with E-state index in [1.807, 2.05) is 27.7 Å². The summed E-state index contributed by atoms with van der Waals surface area (Å²) in [7, 11) is 1.65. The Morgan fingerprint density at radius 3 is 2.67 bits per heavy atom. The predicted octanol–water partition coefficient (Wildman–Crippen LogP) is 1.51. The fourth-order valence-electron chi connectivity index (χ4n) is 3.43. The Balaban J connectivity index is 1.90. The minimum atomic E-state index is -0.546. The maximum Gasteiger partial charge on any atom is 0.226 e. The highest BCUT2D eigenvalue weighted by Gasteiger charge is 2.57. The smallest absolute Gasteiger partial charge is 0.226 e. The molecule has 24 heavy (non-hydrogen) atoms. The molecule has 0 radical (unpaired) electrons. The van der Waals surface area contributed by atoms with Crippen LogP contribution in [0, 0.1) is 23.7 Å². The Morgan fingerprint density at radius 1 is 1.38 bits per heavy atom. The monoisotopic (exact) mass is 353 g/mol. The number of carbonyl (C=O) groups is 2. The Kier molecular flexibility index (Phi) is 5.57. The average molecular weight is 353 g/mol. The third-order valence-corrected chi connectivity index (χ3v) is 6.33. The van der Waals surface area contributed by atoms with Crippen molar-refractivity contribution in [2.45, 2.75) is 45.7 Å². The second-order valence-electron chi connectivity index (χ2n) is 7.07. The number of aromatic amines is 1. The van der Waals surface area contributed by atoms with Gasteiger partial charge in [-0.3, -0.25) is 14.7 Å². The van der Waals surface area contributed by atoms with E-state index >= 15 is 0 Å². The highest BCUT2D eigenvalue weighted by molar-refractivity contribution is 7.99. The molecule has 3 N–H and O–H groups in total. The lowest BCUT2D eigenvalue weighted by Crippen LogP contribution is -2.49. The number of nitrogens with one attached hydrogen (secondary N) is 3. The van der Waals surface area contributed by atoms with Crippen LogP contribution in [-0.2, 0) is 9.59 Å². The van der Waals surface area contributed by atoms with Gasteiger partial charge in [0.25, 0.3) is 0 Å². The zero-order valence-corrected chi connectivity index (χ0v) is 15.8. The van der Waals surface area contributed by atoms with Gasteiger partial charge in [-0.2, -0.15) is 0 Å². The van der Waals surface area contributed by atoms with E-state index in [1.165, 1.54) is 11.8 Å². The Morgan fingerprint density at radius 2 is 2.08 bits per heavy atom. The number of hydrogen-bond donors (Lipinski definition) is 3. The number of carbonyl (C=O) groups excluding carboxylic acids is 2. The van der Waals surface area contributed by atoms with Crippen LogP contribution in [0.4, 0.5) is 0 Å². The van der Waals surface area contributed by atoms with E-state index in [0.717, 1.165) is 18.7 Å². The van der Waals surface area contributed by atoms with Gasteiger partial charge in [-0.25, -0.2) is 4.98 Å². The zero-order valence-electron chi connectivity index (χ0n) is 15.0. The Bertz CT molecular complexity index is 615. The van der Waals surface area contributed by atoms with Gasteiger partial charge in [-0.1, -0.05) is 32.5 Å². The number of rotatable bonds is 6. The number of thioether (sulfide) groups is 1. The summed E-state index contributed by atoms with van der Waals surface area (Å²) in [5.41, 5.74) is -0.929. The Labute approximate surface area is 147 Å². The molecular formula is C16H27N5O2S. The van der Waals surface area contributed by atoms with Gasteiger partial charge in [0.05, 0.1) is 5.41 Å². The number of aryl methyl sites for hydroxylation is 1. The van der Waals surface area contributed by atoms with Crippen LogP contribution in [0.1, 0.15) is 39.4 Å². The van der Waals surface area contributed by atoms with Crippen LogP contribution in [-0.4, -0.2) is 46.3 Å². The van der Waals surface area contributed by atoms with Gasteiger partial charge in [-0.05, 0) is 25.2 Å². The molecule has 1 aromatic heterocycles. The van der Waals surface area contributed by atoms with Crippen molar-refractivity contribution in [3.63, 3.8) is 0 Å². The van der Waals surface area contributed by atoms with Gasteiger partial charge in [0.1, 0.15) is 5.82 Å². The third-order valence-electron chi connectivity index (χ3n) is 5.49. The van der Waals surface area contributed by atoms with Crippen molar-refractivity contribution in [2.24, 2.45) is 16.7 Å². The normalized spacial score (nSPS) is 25.5. The molecule has 0 spiro atoms. The van der Waals surface area contributed by atoms with E-state index in [4.69, 9.17) is 0 Å². The minimum Gasteiger partial charge on any atom is -0.359 e. The predicted molar refractivity (Wildman–Crippen MR) is 93.5 cm³/mol. The molecular weight excluding hydrogens is 326 g/mol. The molecule has 2 rings (SSSR count). The van der Waals surface area contributed by atoms with Gasteiger partial charge in [0, 0.05) is 25.3 Å². The molecule has 7 nitrogen and oxygen atoms in total. The van der Waals surface area contributed by atoms with E-state index < -0.39 is 5.41 Å². The maximum absolute atomic E-state index is 12.8. The van der Waals surface area contributed by atoms with Gasteiger partial charge in [0.2, 0.25) is 17.0 Å². The molecule has 2 amide bonds. The molecule has 0 bridgehead atoms. The van der Waals surface area contributed by atoms with Crippen molar-refractivity contribution in [1.82, 2.24) is 25.8 Å². The molecule has 1 unspecified atom stereocenters. The van der Waals surface area contributed by atoms with Crippen molar-refractivity contribution in [1.29, 1.82) is 0 Å². The number of nitrogens with zero attached hydrogens (tertiary/aromatic N) is 2. The molecule has 1 heterocycles. The van der Waals surface area contributed by atoms with E-state index in [1.54, 1.807) is 7.05 Å². The van der Waals surface area contributed by atoms with E-state index in [-0.39, 0.29) is 23.1 Å². The minimum absolute atomic E-state index is 0.0191. The summed E-state index contributed by atoms with van der Waals surface area (Å²) in [5.74, 6) is 1.39. The fraction of sp³-hybridized carbons (Fsp3) is 0.750. The van der Waals surface area contributed by atoms with Crippen LogP contribution in [0.15, 0.2) is 5.16 Å². The van der Waals surface area contributed by atoms with Crippen LogP contribution in [0.5, 0.6) is 0 Å². The lowest BCUT2D eigenvalue weighted by Gasteiger charge is -2.39. The summed E-state index contributed by atoms with van der Waals surface area (Å²) in [6.07, 6.45) is 1.46. The second kappa shape index (κ2) is 7.13. The molecule has 8 heteroatoms. The van der Waals surface area contributed by atoms with Gasteiger partial charge in [0.15, 0.2) is 0 Å². The summed E-state index contributed by atoms with van der Waals surface area (Å²) in [4.78, 5) is 29.1. The van der Waals surface area contributed by atoms with Gasteiger partial charge < -0.3 is 10.6 Å². The molecule has 1 fully saturated rings. The third kappa shape index (κ3) is 3.43. The molecule has 1 aliphatic rings. The molecule has 2 atom stereocenters. The van der Waals surface area contributed by atoms with Crippen LogP contribution in [0.2, 0.25) is 0 Å². The summed E-state index contributed by atoms with van der Waals surface area (Å²) >= 11 is 1.50. The van der Waals surface area contributed by atoms with E-state index in [9.17, 15) is 9.59 Å². The van der Waals surface area contributed by atoms with Crippen molar-refractivity contribution >= 4 is 23.6 Å². The lowest BCUT2D eigenvalue weighted by atomic mass is 9.65. The summed E-state index contributed by atoms with van der Waals surface area (Å²) in [6, 6.07) is 0. The fourth-order valence-corrected chi connectivity index (χ4v) is 4.13. The quantitative estimate of drug-likeness (QED) is 0.532. The molecule has 1 aliphatic carbocycles. The van der Waals surface area contributed by atoms with Crippen molar-refractivity contribution < 1.29 is 9.59 Å². The molecule has 134 valence electrons. The first-order valence-corrected chi connectivity index (χ1v) is 9.22. The Hall–Kier alpha value is -1.57. The van der Waals surface area contributed by atoms with Gasteiger partial charge >= 0.3 is 0 Å². The molecule has 0 aliphatic heterocycles. The van der Waals surface area contributed by atoms with Crippen molar-refractivity contribution in [2.75, 3.05) is 19.3 Å². The first-order valence-electron chi connectivity index (χ1n) is 8.24. The van der Waals surface area contributed by atoms with E-state index in [0.29, 0.717) is 17.5 Å². The van der Waals surface area contributed by atoms with Crippen molar-refractivity contribution in [3.05, 3.63) is 5.82 Å². The van der Waals surface area contributed by atoms with Crippen LogP contribution < -0.4 is 10.6 Å². The highest BCUT2D eigenvalue weighted by Crippen LogP contribution is 2.56. The summed E-state index contributed by atoms with van der Waals surface area (Å²) < 4.78 is 0. The first-order chi connectivity index (χ1) is 11.2. The topological polar surface area (TPSA) is 99.8 Å². The zero-order chi connectivity index (χ0) is 18.0. The van der Waals surface area contributed by atoms with Crippen LogP contribution in [0.3, 0.4) is 0 Å². The maximum atomic E-state index is 12.8. The SMILES string of the molecule is CNC(=O)C1CC[C@@](C)(C(=O)NCCSc2n[nH]c(C)n2)C1(C)C. The standard InChI is InChI=1S/C16H27N5O2S/c1-10-19-14(21-20-10)24-9-8-18-13(23)16(4)7-6-11(12(22)17-5)15(16,2)3/h11H,6-9H2,1-5H3,(H,17,22)(H,18,23)(H,19,20,21)/t11?,16-/m0/s1. The number of amides is 2. The summed E-state index contributed by atoms with van der Waals surface area (Å²) in [6.45, 7) is 8.41. The van der Waals surface area contributed by atoms with Gasteiger partial charge in [-0.15, -0.1) is 5.10 Å². The number of aromatic nitrogens is 3. The number of hydrogen-bond acceptors (Lipinski definition) is 5. The molecule has 1 aromatic rings. The van der Waals surface area contributed by atoms with E-state index in [2.05, 4.69) is 25.8 Å². The lowest BCUT2D eigenvalue weighted by molar-refractivity contribution is -0.138. The van der Waals surface area contributed by atoms with Crippen molar-refractivity contribution in [3.8, 4) is 0 Å². The highest BCUT2D eigenvalue weighted by atomic mass is 32.2. The number of H-pyrrole nitrogens is 1. The average Bonchev–Trinajstić information content (AvgIpc) is 3.05. The largest absolute Gasteiger partial charge is 0.359 e. The second-order valence-corrected chi connectivity index (χ2v) is 8.13. The summed E-state index contributed by atoms with van der Waals surface area (Å²) in [5, 5.41) is 13.3. The molecule has 1 saturated carbocycles. The molecule has 0 saturated heterocycles. The van der Waals surface area contributed by atoms with Crippen LogP contribution >= 0.6 is 11.8 Å². The molecule has 0 aromatic carbocycles. The van der Waals surface area contributed by atoms with Crippen LogP contribution in [0.25, 0.3) is 0 Å².